The Labute approximate surface area is 369 Å². The molecule has 65 heavy (non-hydrogen) atoms. The van der Waals surface area contributed by atoms with Crippen molar-refractivity contribution in [1.82, 2.24) is 4.90 Å². The fraction of sp³-hybridized carbons (Fsp3) is 0.0435. The molecule has 0 bridgehead atoms. The molecule has 6 rings (SSSR count). The molecular formula is C46H39N5O14. The highest BCUT2D eigenvalue weighted by molar-refractivity contribution is 6.01. The lowest BCUT2D eigenvalue weighted by Crippen LogP contribution is -2.28. The van der Waals surface area contributed by atoms with Gasteiger partial charge in [0.25, 0.3) is 0 Å². The molecular weight excluding hydrogens is 847 g/mol. The van der Waals surface area contributed by atoms with Crippen molar-refractivity contribution in [3.8, 4) is 34.5 Å². The van der Waals surface area contributed by atoms with Crippen molar-refractivity contribution in [1.29, 1.82) is 5.41 Å². The number of carboxylic acid groups (broad SMARTS) is 2. The Bertz CT molecular complexity index is 2600. The second-order valence-electron chi connectivity index (χ2n) is 12.9. The summed E-state index contributed by atoms with van der Waals surface area (Å²) in [7, 11) is 3.38. The van der Waals surface area contributed by atoms with Gasteiger partial charge in [0, 0.05) is 14.1 Å². The molecule has 0 spiro atoms. The van der Waals surface area contributed by atoms with Crippen LogP contribution >= 0.6 is 0 Å². The van der Waals surface area contributed by atoms with Gasteiger partial charge in [0.15, 0.2) is 5.96 Å². The van der Waals surface area contributed by atoms with Crippen LogP contribution in [0.2, 0.25) is 0 Å². The number of carboxylic acids is 2. The van der Waals surface area contributed by atoms with E-state index in [-0.39, 0.29) is 79.8 Å². The number of aromatic carboxylic acids is 2. The number of phenols is 2. The molecule has 9 N–H and O–H groups in total. The van der Waals surface area contributed by atoms with Gasteiger partial charge in [-0.2, -0.15) is 4.99 Å². The average molecular weight is 886 g/mol. The van der Waals surface area contributed by atoms with Crippen LogP contribution < -0.4 is 30.4 Å². The number of rotatable bonds is 10. The number of benzene rings is 6. The standard InChI is InChI=1S/2C21H14O7.C4H11N5/c2*22-16-10-4-1-7-13(16)20(25)28-18-12-6-3-9-15(18)21(26)27-17-11-5-2-8-14(17)19(23)24;1-9(2)4(7)8-3(5)6/h2*1-12,22H,(H,23,24);1-2H3,(H5,5,6,7,8). The minimum absolute atomic E-state index is 0.0509. The molecule has 0 saturated heterocycles. The summed E-state index contributed by atoms with van der Waals surface area (Å²) in [5.74, 6) is -7.01. The summed E-state index contributed by atoms with van der Waals surface area (Å²) in [4.78, 5) is 77.1. The van der Waals surface area contributed by atoms with Crippen molar-refractivity contribution < 1.29 is 68.1 Å². The minimum Gasteiger partial charge on any atom is -0.507 e. The van der Waals surface area contributed by atoms with Gasteiger partial charge in [-0.25, -0.2) is 28.8 Å². The van der Waals surface area contributed by atoms with Crippen LogP contribution in [-0.2, 0) is 0 Å². The number of nitrogens with zero attached hydrogens (tertiary/aromatic N) is 2. The summed E-state index contributed by atoms with van der Waals surface area (Å²) in [6, 6.07) is 34.7. The zero-order chi connectivity index (χ0) is 47.6. The fourth-order valence-electron chi connectivity index (χ4n) is 5.05. The molecule has 19 heteroatoms. The Balaban J connectivity index is 0.000000240. The largest absolute Gasteiger partial charge is 0.507 e. The number of ether oxygens (including phenoxy) is 4. The molecule has 0 unspecified atom stereocenters. The van der Waals surface area contributed by atoms with Crippen molar-refractivity contribution in [2.45, 2.75) is 0 Å². The maximum absolute atomic E-state index is 12.5. The average Bonchev–Trinajstić information content (AvgIpc) is 3.27. The van der Waals surface area contributed by atoms with E-state index in [4.69, 9.17) is 35.8 Å². The first kappa shape index (κ1) is 48.1. The van der Waals surface area contributed by atoms with Crippen molar-refractivity contribution in [2.75, 3.05) is 14.1 Å². The number of aliphatic imine (C=N–C) groups is 1. The first-order valence-corrected chi connectivity index (χ1v) is 18.6. The third-order valence-corrected chi connectivity index (χ3v) is 8.17. The lowest BCUT2D eigenvalue weighted by Gasteiger charge is -2.11. The summed E-state index contributed by atoms with van der Waals surface area (Å²) >= 11 is 0. The summed E-state index contributed by atoms with van der Waals surface area (Å²) in [5.41, 5.74) is 9.33. The Morgan fingerprint density at radius 2 is 0.692 bits per heavy atom. The van der Waals surface area contributed by atoms with E-state index in [9.17, 15) is 49.2 Å². The van der Waals surface area contributed by atoms with Crippen LogP contribution in [-0.4, -0.2) is 87.2 Å². The number of nitrogens with one attached hydrogen (secondary N) is 1. The highest BCUT2D eigenvalue weighted by Crippen LogP contribution is 2.27. The SMILES string of the molecule is CN(C)C(=N)N=C(N)N.O=C(Oc1ccccc1C(=O)Oc1ccccc1C(=O)O)c1ccccc1O.O=C(Oc1ccccc1C(=O)Oc1ccccc1C(=O)O)c1ccccc1O. The number of carbonyl (C=O) groups excluding carboxylic acids is 4. The Morgan fingerprint density at radius 3 is 0.954 bits per heavy atom. The van der Waals surface area contributed by atoms with Gasteiger partial charge >= 0.3 is 35.8 Å². The van der Waals surface area contributed by atoms with E-state index >= 15 is 0 Å². The maximum atomic E-state index is 12.5. The highest BCUT2D eigenvalue weighted by Gasteiger charge is 2.23. The van der Waals surface area contributed by atoms with Gasteiger partial charge in [-0.05, 0) is 72.8 Å². The van der Waals surface area contributed by atoms with Gasteiger partial charge in [0.05, 0.1) is 0 Å². The molecule has 6 aromatic rings. The number of carbonyl (C=O) groups is 6. The lowest BCUT2D eigenvalue weighted by molar-refractivity contribution is 0.0655. The van der Waals surface area contributed by atoms with Crippen molar-refractivity contribution in [3.63, 3.8) is 0 Å². The summed E-state index contributed by atoms with van der Waals surface area (Å²) in [6.07, 6.45) is 0. The summed E-state index contributed by atoms with van der Waals surface area (Å²) < 4.78 is 20.8. The van der Waals surface area contributed by atoms with Crippen LogP contribution in [0, 0.1) is 5.41 Å². The molecule has 0 heterocycles. The van der Waals surface area contributed by atoms with Gasteiger partial charge in [0.1, 0.15) is 67.9 Å². The predicted molar refractivity (Wildman–Crippen MR) is 233 cm³/mol. The number of phenolic OH excluding ortho intramolecular Hbond substituents is 2. The second-order valence-corrected chi connectivity index (χ2v) is 12.9. The van der Waals surface area contributed by atoms with Crippen LogP contribution in [0.5, 0.6) is 34.5 Å². The van der Waals surface area contributed by atoms with Crippen LogP contribution in [0.4, 0.5) is 0 Å². The van der Waals surface area contributed by atoms with Gasteiger partial charge in [-0.1, -0.05) is 72.8 Å². The third-order valence-electron chi connectivity index (χ3n) is 8.17. The number of para-hydroxylation sites is 6. The van der Waals surface area contributed by atoms with E-state index in [1.807, 2.05) is 0 Å². The van der Waals surface area contributed by atoms with Crippen molar-refractivity contribution >= 4 is 47.7 Å². The summed E-state index contributed by atoms with van der Waals surface area (Å²) in [6.45, 7) is 0. The summed E-state index contributed by atoms with van der Waals surface area (Å²) in [5, 5.41) is 45.0. The Kier molecular flexibility index (Phi) is 17.0. The van der Waals surface area contributed by atoms with Crippen LogP contribution in [0.1, 0.15) is 62.1 Å². The minimum atomic E-state index is -1.25. The number of nitrogens with two attached hydrogens (primary N) is 2. The monoisotopic (exact) mass is 885 g/mol. The van der Waals surface area contributed by atoms with E-state index in [0.717, 1.165) is 0 Å². The molecule has 0 aliphatic rings. The van der Waals surface area contributed by atoms with E-state index in [1.165, 1.54) is 114 Å². The number of guanidine groups is 2. The van der Waals surface area contributed by atoms with Crippen LogP contribution in [0.3, 0.4) is 0 Å². The molecule has 0 radical (unpaired) electrons. The maximum Gasteiger partial charge on any atom is 0.347 e. The smallest absolute Gasteiger partial charge is 0.347 e. The highest BCUT2D eigenvalue weighted by atomic mass is 16.6. The molecule has 0 aliphatic heterocycles. The molecule has 0 aromatic heterocycles. The molecule has 6 aromatic carbocycles. The first-order chi connectivity index (χ1) is 31.0. The second kappa shape index (κ2) is 22.9. The van der Waals surface area contributed by atoms with Crippen LogP contribution in [0.25, 0.3) is 0 Å². The third kappa shape index (κ3) is 13.7. The van der Waals surface area contributed by atoms with Gasteiger partial charge in [0.2, 0.25) is 5.96 Å². The van der Waals surface area contributed by atoms with E-state index in [0.29, 0.717) is 0 Å². The van der Waals surface area contributed by atoms with E-state index in [2.05, 4.69) is 4.99 Å². The molecule has 0 atom stereocenters. The van der Waals surface area contributed by atoms with E-state index in [1.54, 1.807) is 50.5 Å². The van der Waals surface area contributed by atoms with Gasteiger partial charge < -0.3 is 55.7 Å². The number of hydrogen-bond acceptors (Lipinski definition) is 13. The van der Waals surface area contributed by atoms with E-state index < -0.39 is 35.8 Å². The van der Waals surface area contributed by atoms with Gasteiger partial charge in [-0.3, -0.25) is 5.41 Å². The first-order valence-electron chi connectivity index (χ1n) is 18.6. The molecule has 0 amide bonds. The molecule has 0 saturated carbocycles. The lowest BCUT2D eigenvalue weighted by atomic mass is 10.1. The number of aromatic hydroxyl groups is 2. The zero-order valence-electron chi connectivity index (χ0n) is 34.3. The quantitative estimate of drug-likeness (QED) is 0.0369. The predicted octanol–water partition coefficient (Wildman–Crippen LogP) is 5.81. The Morgan fingerprint density at radius 1 is 0.446 bits per heavy atom. The molecule has 0 fully saturated rings. The number of esters is 4. The molecule has 19 nitrogen and oxygen atoms in total. The Hall–Kier alpha value is -9.52. The van der Waals surface area contributed by atoms with Crippen LogP contribution in [0.15, 0.2) is 151 Å². The molecule has 332 valence electrons. The normalized spacial score (nSPS) is 9.88. The molecule has 0 aliphatic carbocycles. The zero-order valence-corrected chi connectivity index (χ0v) is 34.3. The van der Waals surface area contributed by atoms with Gasteiger partial charge in [-0.15, -0.1) is 0 Å². The van der Waals surface area contributed by atoms with Crippen molar-refractivity contribution in [3.05, 3.63) is 179 Å². The van der Waals surface area contributed by atoms with Crippen molar-refractivity contribution in [2.24, 2.45) is 16.5 Å². The topological polar surface area (TPSA) is 312 Å². The fourth-order valence-corrected chi connectivity index (χ4v) is 5.05. The number of hydrogen-bond donors (Lipinski definition) is 7.